The third-order valence-corrected chi connectivity index (χ3v) is 5.71. The highest BCUT2D eigenvalue weighted by atomic mass is 32.2. The number of nitrogens with zero attached hydrogens (tertiary/aromatic N) is 1. The quantitative estimate of drug-likeness (QED) is 0.476. The molecule has 8 nitrogen and oxygen atoms in total. The minimum Gasteiger partial charge on any atom is -0.492 e. The Morgan fingerprint density at radius 1 is 1.00 bits per heavy atom. The van der Waals surface area contributed by atoms with Crippen molar-refractivity contribution >= 4 is 15.9 Å². The Balaban J connectivity index is 1.73. The fourth-order valence-electron chi connectivity index (χ4n) is 2.54. The first kappa shape index (κ1) is 26.4. The number of rotatable bonds is 12. The van der Waals surface area contributed by atoms with Crippen LogP contribution in [0.15, 0.2) is 53.4 Å². The molecule has 0 aromatic heterocycles. The lowest BCUT2D eigenvalue weighted by molar-refractivity contribution is -0.274. The summed E-state index contributed by atoms with van der Waals surface area (Å²) in [6.45, 7) is 1.45. The number of sulfonamides is 1. The molecule has 0 spiro atoms. The molecule has 0 radical (unpaired) electrons. The Morgan fingerprint density at radius 2 is 1.61 bits per heavy atom. The molecule has 0 aliphatic heterocycles. The Hall–Kier alpha value is -2.83. The van der Waals surface area contributed by atoms with E-state index in [2.05, 4.69) is 14.8 Å². The van der Waals surface area contributed by atoms with Gasteiger partial charge in [-0.3, -0.25) is 4.79 Å². The predicted octanol–water partition coefficient (Wildman–Crippen LogP) is 2.51. The first-order valence-corrected chi connectivity index (χ1v) is 11.4. The van der Waals surface area contributed by atoms with Crippen molar-refractivity contribution in [3.63, 3.8) is 0 Å². The maximum atomic E-state index is 12.2. The molecule has 0 fully saturated rings. The molecule has 1 amide bonds. The largest absolute Gasteiger partial charge is 0.573 e. The second kappa shape index (κ2) is 11.9. The minimum atomic E-state index is -4.87. The van der Waals surface area contributed by atoms with E-state index in [-0.39, 0.29) is 30.3 Å². The van der Waals surface area contributed by atoms with Gasteiger partial charge in [-0.2, -0.15) is 0 Å². The topological polar surface area (TPSA) is 97.0 Å². The smallest absolute Gasteiger partial charge is 0.492 e. The summed E-state index contributed by atoms with van der Waals surface area (Å²) < 4.78 is 72.5. The molecule has 2 N–H and O–H groups in total. The number of halogens is 3. The Bertz CT molecular complexity index is 995. The van der Waals surface area contributed by atoms with E-state index in [1.54, 1.807) is 12.1 Å². The zero-order valence-electron chi connectivity index (χ0n) is 18.2. The summed E-state index contributed by atoms with van der Waals surface area (Å²) in [4.78, 5) is 13.8. The summed E-state index contributed by atoms with van der Waals surface area (Å²) in [5, 5.41) is 2.69. The van der Waals surface area contributed by atoms with E-state index in [0.29, 0.717) is 6.61 Å². The molecule has 0 aliphatic carbocycles. The fourth-order valence-corrected chi connectivity index (χ4v) is 3.57. The summed E-state index contributed by atoms with van der Waals surface area (Å²) in [7, 11) is -0.0796. The van der Waals surface area contributed by atoms with Gasteiger partial charge in [0, 0.05) is 26.1 Å². The van der Waals surface area contributed by atoms with E-state index in [1.807, 2.05) is 31.1 Å². The van der Waals surface area contributed by atoms with E-state index in [0.717, 1.165) is 42.1 Å². The molecule has 0 atom stereocenters. The van der Waals surface area contributed by atoms with Crippen LogP contribution >= 0.6 is 0 Å². The molecular weight excluding hydrogens is 463 g/mol. The van der Waals surface area contributed by atoms with Gasteiger partial charge < -0.3 is 19.7 Å². The van der Waals surface area contributed by atoms with Crippen LogP contribution in [0, 0.1) is 0 Å². The summed E-state index contributed by atoms with van der Waals surface area (Å²) >= 11 is 0. The van der Waals surface area contributed by atoms with Crippen molar-refractivity contribution in [2.24, 2.45) is 0 Å². The fraction of sp³-hybridized carbons (Fsp3) is 0.381. The van der Waals surface area contributed by atoms with Crippen LogP contribution in [0.25, 0.3) is 0 Å². The monoisotopic (exact) mass is 489 g/mol. The van der Waals surface area contributed by atoms with Gasteiger partial charge in [-0.1, -0.05) is 12.1 Å². The van der Waals surface area contributed by atoms with E-state index < -0.39 is 22.1 Å². The van der Waals surface area contributed by atoms with Crippen LogP contribution in [-0.2, 0) is 21.4 Å². The lowest BCUT2D eigenvalue weighted by Gasteiger charge is -2.11. The highest BCUT2D eigenvalue weighted by Crippen LogP contribution is 2.23. The van der Waals surface area contributed by atoms with Crippen LogP contribution in [0.4, 0.5) is 13.2 Å². The molecule has 0 aliphatic rings. The van der Waals surface area contributed by atoms with Crippen LogP contribution in [0.3, 0.4) is 0 Å². The molecular formula is C21H26F3N3O5S. The highest BCUT2D eigenvalue weighted by Gasteiger charge is 2.31. The molecule has 0 saturated heterocycles. The Kier molecular flexibility index (Phi) is 9.50. The van der Waals surface area contributed by atoms with Crippen molar-refractivity contribution in [2.75, 3.05) is 33.8 Å². The number of benzene rings is 2. The molecule has 0 saturated carbocycles. The van der Waals surface area contributed by atoms with Crippen molar-refractivity contribution in [3.8, 4) is 11.5 Å². The van der Waals surface area contributed by atoms with Crippen LogP contribution in [0.2, 0.25) is 0 Å². The van der Waals surface area contributed by atoms with E-state index in [9.17, 15) is 26.4 Å². The zero-order valence-corrected chi connectivity index (χ0v) is 19.0. The molecule has 2 aromatic carbocycles. The summed E-state index contributed by atoms with van der Waals surface area (Å²) in [5.41, 5.74) is 0.852. The SMILES string of the molecule is CN(C)CCOc1ccc(CNC(=O)CCNS(=O)(=O)c2ccc(OC(F)(F)F)cc2)cc1. The van der Waals surface area contributed by atoms with Crippen molar-refractivity contribution in [1.82, 2.24) is 14.9 Å². The van der Waals surface area contributed by atoms with Gasteiger partial charge in [0.1, 0.15) is 18.1 Å². The zero-order chi connectivity index (χ0) is 24.5. The van der Waals surface area contributed by atoms with Gasteiger partial charge >= 0.3 is 6.36 Å². The molecule has 182 valence electrons. The lowest BCUT2D eigenvalue weighted by atomic mass is 10.2. The highest BCUT2D eigenvalue weighted by molar-refractivity contribution is 7.89. The van der Waals surface area contributed by atoms with Gasteiger partial charge in [0.2, 0.25) is 15.9 Å². The number of hydrogen-bond acceptors (Lipinski definition) is 6. The average molecular weight is 490 g/mol. The molecule has 0 bridgehead atoms. The van der Waals surface area contributed by atoms with Gasteiger partial charge in [-0.15, -0.1) is 13.2 Å². The lowest BCUT2D eigenvalue weighted by Crippen LogP contribution is -2.30. The van der Waals surface area contributed by atoms with Crippen LogP contribution in [-0.4, -0.2) is 59.4 Å². The Morgan fingerprint density at radius 3 is 2.18 bits per heavy atom. The second-order valence-electron chi connectivity index (χ2n) is 7.24. The molecule has 12 heteroatoms. The number of carbonyl (C=O) groups excluding carboxylic acids is 1. The summed E-state index contributed by atoms with van der Waals surface area (Å²) in [6, 6.07) is 11.0. The number of likely N-dealkylation sites (N-methyl/N-ethyl adjacent to an activating group) is 1. The van der Waals surface area contributed by atoms with Crippen molar-refractivity contribution < 1.29 is 35.9 Å². The third kappa shape index (κ3) is 10.1. The van der Waals surface area contributed by atoms with Crippen molar-refractivity contribution in [1.29, 1.82) is 0 Å². The van der Waals surface area contributed by atoms with Gasteiger partial charge in [-0.05, 0) is 56.1 Å². The van der Waals surface area contributed by atoms with Gasteiger partial charge in [0.05, 0.1) is 4.90 Å². The number of carbonyl (C=O) groups is 1. The summed E-state index contributed by atoms with van der Waals surface area (Å²) in [6.07, 6.45) is -4.98. The van der Waals surface area contributed by atoms with Crippen LogP contribution in [0.1, 0.15) is 12.0 Å². The van der Waals surface area contributed by atoms with Crippen LogP contribution < -0.4 is 19.5 Å². The number of nitrogens with one attached hydrogen (secondary N) is 2. The van der Waals surface area contributed by atoms with E-state index >= 15 is 0 Å². The Labute approximate surface area is 190 Å². The normalized spacial score (nSPS) is 11.9. The van der Waals surface area contributed by atoms with Crippen molar-refractivity contribution in [2.45, 2.75) is 24.2 Å². The standard InChI is InChI=1S/C21H26F3N3O5S/c1-27(2)13-14-31-17-5-3-16(4-6-17)15-25-20(28)11-12-26-33(29,30)19-9-7-18(8-10-19)32-21(22,23)24/h3-10,26H,11-15H2,1-2H3,(H,25,28). The first-order chi connectivity index (χ1) is 15.4. The summed E-state index contributed by atoms with van der Waals surface area (Å²) in [5.74, 6) is -0.175. The van der Waals surface area contributed by atoms with Gasteiger partial charge in [0.15, 0.2) is 0 Å². The molecule has 2 rings (SSSR count). The maximum Gasteiger partial charge on any atom is 0.573 e. The average Bonchev–Trinajstić information content (AvgIpc) is 2.72. The third-order valence-electron chi connectivity index (χ3n) is 4.23. The number of ether oxygens (including phenoxy) is 2. The van der Waals surface area contributed by atoms with E-state index in [4.69, 9.17) is 4.74 Å². The van der Waals surface area contributed by atoms with Crippen LogP contribution in [0.5, 0.6) is 11.5 Å². The van der Waals surface area contributed by atoms with Gasteiger partial charge in [0.25, 0.3) is 0 Å². The van der Waals surface area contributed by atoms with E-state index in [1.165, 1.54) is 0 Å². The predicted molar refractivity (Wildman–Crippen MR) is 115 cm³/mol. The molecule has 33 heavy (non-hydrogen) atoms. The number of hydrogen-bond donors (Lipinski definition) is 2. The second-order valence-corrected chi connectivity index (χ2v) is 9.01. The minimum absolute atomic E-state index is 0.111. The number of alkyl halides is 3. The molecule has 2 aromatic rings. The molecule has 0 heterocycles. The maximum absolute atomic E-state index is 12.2. The molecule has 0 unspecified atom stereocenters. The first-order valence-electron chi connectivity index (χ1n) is 9.93. The number of amides is 1. The van der Waals surface area contributed by atoms with Gasteiger partial charge in [-0.25, -0.2) is 13.1 Å². The van der Waals surface area contributed by atoms with Crippen molar-refractivity contribution in [3.05, 3.63) is 54.1 Å².